The Morgan fingerprint density at radius 2 is 1.90 bits per heavy atom. The number of carbonyl (C=O) groups is 1. The Kier molecular flexibility index (Phi) is 4.81. The van der Waals surface area contributed by atoms with Gasteiger partial charge in [0.15, 0.2) is 0 Å². The van der Waals surface area contributed by atoms with Gasteiger partial charge in [-0.15, -0.1) is 0 Å². The molecular weight excluding hydrogens is 266 g/mol. The molecule has 0 fully saturated rings. The Morgan fingerprint density at radius 3 is 2.62 bits per heavy atom. The van der Waals surface area contributed by atoms with Gasteiger partial charge in [-0.25, -0.2) is 4.79 Å². The standard InChI is InChI=1S/C17H21NO3/c1-4-20-16(19)17(2,18-3)12-21-15-11-7-9-13-8-5-6-10-14(13)15/h5-11,18H,4,12H2,1-3H3. The quantitative estimate of drug-likeness (QED) is 0.830. The van der Waals surface area contributed by atoms with Crippen LogP contribution in [0, 0.1) is 0 Å². The molecule has 0 bridgehead atoms. The van der Waals surface area contributed by atoms with E-state index in [1.165, 1.54) is 0 Å². The van der Waals surface area contributed by atoms with E-state index in [0.717, 1.165) is 16.5 Å². The molecule has 2 rings (SSSR count). The van der Waals surface area contributed by atoms with E-state index in [0.29, 0.717) is 6.61 Å². The monoisotopic (exact) mass is 287 g/mol. The third-order valence-corrected chi connectivity index (χ3v) is 3.54. The van der Waals surface area contributed by atoms with E-state index in [-0.39, 0.29) is 12.6 Å². The van der Waals surface area contributed by atoms with Crippen molar-refractivity contribution >= 4 is 16.7 Å². The minimum absolute atomic E-state index is 0.205. The van der Waals surface area contributed by atoms with E-state index in [1.807, 2.05) is 42.5 Å². The number of ether oxygens (including phenoxy) is 2. The third-order valence-electron chi connectivity index (χ3n) is 3.54. The molecule has 0 spiro atoms. The molecule has 1 unspecified atom stereocenters. The van der Waals surface area contributed by atoms with Crippen LogP contribution >= 0.6 is 0 Å². The number of rotatable bonds is 6. The van der Waals surface area contributed by atoms with E-state index in [2.05, 4.69) is 5.32 Å². The maximum atomic E-state index is 12.0. The molecule has 4 nitrogen and oxygen atoms in total. The van der Waals surface area contributed by atoms with E-state index in [4.69, 9.17) is 9.47 Å². The number of benzene rings is 2. The molecule has 0 amide bonds. The average molecular weight is 287 g/mol. The Morgan fingerprint density at radius 1 is 1.19 bits per heavy atom. The maximum absolute atomic E-state index is 12.0. The van der Waals surface area contributed by atoms with Gasteiger partial charge in [-0.2, -0.15) is 0 Å². The van der Waals surface area contributed by atoms with Gasteiger partial charge >= 0.3 is 5.97 Å². The molecule has 0 aromatic heterocycles. The zero-order chi connectivity index (χ0) is 15.3. The summed E-state index contributed by atoms with van der Waals surface area (Å²) in [7, 11) is 1.73. The van der Waals surface area contributed by atoms with Crippen LogP contribution in [0.4, 0.5) is 0 Å². The zero-order valence-corrected chi connectivity index (χ0v) is 12.7. The van der Waals surface area contributed by atoms with Crippen LogP contribution in [0.25, 0.3) is 10.8 Å². The summed E-state index contributed by atoms with van der Waals surface area (Å²) in [6.45, 7) is 4.12. The highest BCUT2D eigenvalue weighted by molar-refractivity contribution is 5.88. The lowest BCUT2D eigenvalue weighted by atomic mass is 10.0. The van der Waals surface area contributed by atoms with Crippen molar-refractivity contribution in [1.29, 1.82) is 0 Å². The Balaban J connectivity index is 2.19. The number of likely N-dealkylation sites (N-methyl/N-ethyl adjacent to an activating group) is 1. The van der Waals surface area contributed by atoms with Gasteiger partial charge in [-0.05, 0) is 32.3 Å². The van der Waals surface area contributed by atoms with Gasteiger partial charge in [-0.3, -0.25) is 0 Å². The lowest BCUT2D eigenvalue weighted by Gasteiger charge is -2.26. The molecule has 112 valence electrons. The highest BCUT2D eigenvalue weighted by Gasteiger charge is 2.34. The topological polar surface area (TPSA) is 47.6 Å². The fourth-order valence-corrected chi connectivity index (χ4v) is 2.07. The smallest absolute Gasteiger partial charge is 0.329 e. The van der Waals surface area contributed by atoms with Gasteiger partial charge in [0.1, 0.15) is 17.9 Å². The molecule has 0 heterocycles. The molecular formula is C17H21NO3. The number of nitrogens with one attached hydrogen (secondary N) is 1. The molecule has 2 aromatic carbocycles. The molecule has 0 aliphatic rings. The first-order chi connectivity index (χ1) is 10.1. The van der Waals surface area contributed by atoms with Crippen LogP contribution in [0.2, 0.25) is 0 Å². The van der Waals surface area contributed by atoms with Gasteiger partial charge in [0, 0.05) is 5.39 Å². The molecule has 0 saturated heterocycles. The molecule has 21 heavy (non-hydrogen) atoms. The third kappa shape index (κ3) is 3.34. The van der Waals surface area contributed by atoms with Crippen molar-refractivity contribution in [2.24, 2.45) is 0 Å². The molecule has 4 heteroatoms. The lowest BCUT2D eigenvalue weighted by Crippen LogP contribution is -2.53. The summed E-state index contributed by atoms with van der Waals surface area (Å²) in [5.41, 5.74) is -0.868. The number of hydrogen-bond donors (Lipinski definition) is 1. The first-order valence-electron chi connectivity index (χ1n) is 7.07. The van der Waals surface area contributed by atoms with Crippen molar-refractivity contribution < 1.29 is 14.3 Å². The second-order valence-electron chi connectivity index (χ2n) is 5.07. The van der Waals surface area contributed by atoms with Crippen LogP contribution in [0.15, 0.2) is 42.5 Å². The number of hydrogen-bond acceptors (Lipinski definition) is 4. The fourth-order valence-electron chi connectivity index (χ4n) is 2.07. The summed E-state index contributed by atoms with van der Waals surface area (Å²) in [4.78, 5) is 12.0. The van der Waals surface area contributed by atoms with Crippen molar-refractivity contribution in [3.8, 4) is 5.75 Å². The molecule has 1 N–H and O–H groups in total. The average Bonchev–Trinajstić information content (AvgIpc) is 2.52. The summed E-state index contributed by atoms with van der Waals surface area (Å²) in [5, 5.41) is 5.12. The number of carbonyl (C=O) groups excluding carboxylic acids is 1. The number of esters is 1. The van der Waals surface area contributed by atoms with E-state index < -0.39 is 5.54 Å². The van der Waals surface area contributed by atoms with Gasteiger partial charge in [0.2, 0.25) is 0 Å². The first kappa shape index (κ1) is 15.3. The second kappa shape index (κ2) is 6.59. The lowest BCUT2D eigenvalue weighted by molar-refractivity contribution is -0.151. The SMILES string of the molecule is CCOC(=O)C(C)(COc1cccc2ccccc12)NC. The molecule has 0 aliphatic carbocycles. The molecule has 2 aromatic rings. The van der Waals surface area contributed by atoms with E-state index in [1.54, 1.807) is 20.9 Å². The second-order valence-corrected chi connectivity index (χ2v) is 5.07. The van der Waals surface area contributed by atoms with Crippen LogP contribution < -0.4 is 10.1 Å². The van der Waals surface area contributed by atoms with Crippen molar-refractivity contribution in [1.82, 2.24) is 5.32 Å². The number of fused-ring (bicyclic) bond motifs is 1. The van der Waals surface area contributed by atoms with Crippen LogP contribution in [-0.2, 0) is 9.53 Å². The normalized spacial score (nSPS) is 13.7. The Bertz CT molecular complexity index is 621. The highest BCUT2D eigenvalue weighted by atomic mass is 16.5. The highest BCUT2D eigenvalue weighted by Crippen LogP contribution is 2.26. The van der Waals surface area contributed by atoms with Gasteiger partial charge in [0.25, 0.3) is 0 Å². The summed E-state index contributed by atoms with van der Waals surface area (Å²) < 4.78 is 11.0. The fraction of sp³-hybridized carbons (Fsp3) is 0.353. The van der Waals surface area contributed by atoms with Gasteiger partial charge in [-0.1, -0.05) is 36.4 Å². The summed E-state index contributed by atoms with van der Waals surface area (Å²) in [6.07, 6.45) is 0. The zero-order valence-electron chi connectivity index (χ0n) is 12.7. The van der Waals surface area contributed by atoms with Crippen molar-refractivity contribution in [3.63, 3.8) is 0 Å². The van der Waals surface area contributed by atoms with Crippen LogP contribution in [0.3, 0.4) is 0 Å². The van der Waals surface area contributed by atoms with Crippen LogP contribution in [-0.4, -0.2) is 31.8 Å². The van der Waals surface area contributed by atoms with Crippen LogP contribution in [0.1, 0.15) is 13.8 Å². The Hall–Kier alpha value is -2.07. The maximum Gasteiger partial charge on any atom is 0.329 e. The van der Waals surface area contributed by atoms with Crippen molar-refractivity contribution in [2.75, 3.05) is 20.3 Å². The van der Waals surface area contributed by atoms with Gasteiger partial charge in [0.05, 0.1) is 6.61 Å². The predicted molar refractivity (Wildman–Crippen MR) is 83.5 cm³/mol. The largest absolute Gasteiger partial charge is 0.490 e. The summed E-state index contributed by atoms with van der Waals surface area (Å²) >= 11 is 0. The summed E-state index contributed by atoms with van der Waals surface area (Å²) in [5.74, 6) is 0.451. The van der Waals surface area contributed by atoms with E-state index in [9.17, 15) is 4.79 Å². The van der Waals surface area contributed by atoms with Crippen molar-refractivity contribution in [2.45, 2.75) is 19.4 Å². The molecule has 0 saturated carbocycles. The van der Waals surface area contributed by atoms with Crippen molar-refractivity contribution in [3.05, 3.63) is 42.5 Å². The predicted octanol–water partition coefficient (Wildman–Crippen LogP) is 2.76. The molecule has 0 aliphatic heterocycles. The minimum Gasteiger partial charge on any atom is -0.490 e. The minimum atomic E-state index is -0.868. The first-order valence-corrected chi connectivity index (χ1v) is 7.07. The van der Waals surface area contributed by atoms with E-state index >= 15 is 0 Å². The molecule has 0 radical (unpaired) electrons. The van der Waals surface area contributed by atoms with Crippen LogP contribution in [0.5, 0.6) is 5.75 Å². The summed E-state index contributed by atoms with van der Waals surface area (Å²) in [6, 6.07) is 13.9. The van der Waals surface area contributed by atoms with Gasteiger partial charge < -0.3 is 14.8 Å². The molecule has 1 atom stereocenters. The Labute approximate surface area is 125 Å².